The lowest BCUT2D eigenvalue weighted by Gasteiger charge is -2.06. The van der Waals surface area contributed by atoms with E-state index in [0.29, 0.717) is 6.04 Å². The van der Waals surface area contributed by atoms with Gasteiger partial charge < -0.3 is 5.32 Å². The fourth-order valence-corrected chi connectivity index (χ4v) is 2.96. The molecule has 1 unspecified atom stereocenters. The predicted molar refractivity (Wildman–Crippen MR) is 57.8 cm³/mol. The van der Waals surface area contributed by atoms with Crippen LogP contribution in [0.2, 0.25) is 0 Å². The standard InChI is InChI=1S/C9H15N5S/c1-2-8(1)14-9(11-12-13-14)15-6-7-3-4-10-5-7/h7-8,10H,1-6H2. The van der Waals surface area contributed by atoms with Gasteiger partial charge in [0.25, 0.3) is 0 Å². The number of hydrogen-bond acceptors (Lipinski definition) is 5. The second-order valence-corrected chi connectivity index (χ2v) is 5.29. The third kappa shape index (κ3) is 2.15. The van der Waals surface area contributed by atoms with Gasteiger partial charge in [-0.2, -0.15) is 0 Å². The van der Waals surface area contributed by atoms with Crippen molar-refractivity contribution in [3.63, 3.8) is 0 Å². The summed E-state index contributed by atoms with van der Waals surface area (Å²) >= 11 is 1.81. The van der Waals surface area contributed by atoms with E-state index in [-0.39, 0.29) is 0 Å². The maximum atomic E-state index is 4.08. The summed E-state index contributed by atoms with van der Waals surface area (Å²) in [5.41, 5.74) is 0. The van der Waals surface area contributed by atoms with E-state index in [4.69, 9.17) is 0 Å². The first-order valence-corrected chi connectivity index (χ1v) is 6.53. The van der Waals surface area contributed by atoms with E-state index in [1.807, 2.05) is 4.68 Å². The lowest BCUT2D eigenvalue weighted by Crippen LogP contribution is -2.11. The molecule has 5 nitrogen and oxygen atoms in total. The highest BCUT2D eigenvalue weighted by Crippen LogP contribution is 2.36. The Kier molecular flexibility index (Phi) is 2.62. The highest BCUT2D eigenvalue weighted by molar-refractivity contribution is 7.99. The maximum Gasteiger partial charge on any atom is 0.209 e. The van der Waals surface area contributed by atoms with Gasteiger partial charge in [0.1, 0.15) is 0 Å². The second-order valence-electron chi connectivity index (χ2n) is 4.31. The minimum Gasteiger partial charge on any atom is -0.316 e. The molecule has 82 valence electrons. The molecule has 0 bridgehead atoms. The van der Waals surface area contributed by atoms with Crippen molar-refractivity contribution < 1.29 is 0 Å². The molecule has 0 spiro atoms. The number of aromatic nitrogens is 4. The van der Waals surface area contributed by atoms with Gasteiger partial charge in [0.05, 0.1) is 6.04 Å². The molecule has 15 heavy (non-hydrogen) atoms. The van der Waals surface area contributed by atoms with Crippen molar-refractivity contribution in [1.29, 1.82) is 0 Å². The van der Waals surface area contributed by atoms with Crippen LogP contribution in [0.25, 0.3) is 0 Å². The summed E-state index contributed by atoms with van der Waals surface area (Å²) in [6.07, 6.45) is 3.77. The van der Waals surface area contributed by atoms with Crippen LogP contribution in [0, 0.1) is 5.92 Å². The van der Waals surface area contributed by atoms with Crippen LogP contribution < -0.4 is 5.32 Å². The number of nitrogens with zero attached hydrogens (tertiary/aromatic N) is 4. The van der Waals surface area contributed by atoms with E-state index in [9.17, 15) is 0 Å². The molecule has 1 saturated heterocycles. The normalized spacial score (nSPS) is 26.0. The summed E-state index contributed by atoms with van der Waals surface area (Å²) < 4.78 is 1.99. The minimum atomic E-state index is 0.587. The lowest BCUT2D eigenvalue weighted by atomic mass is 10.2. The maximum absolute atomic E-state index is 4.08. The van der Waals surface area contributed by atoms with Gasteiger partial charge in [0, 0.05) is 5.75 Å². The third-order valence-corrected chi connectivity index (χ3v) is 4.13. The van der Waals surface area contributed by atoms with Crippen molar-refractivity contribution in [2.45, 2.75) is 30.5 Å². The highest BCUT2D eigenvalue weighted by atomic mass is 32.2. The van der Waals surface area contributed by atoms with Crippen molar-refractivity contribution in [1.82, 2.24) is 25.5 Å². The SMILES string of the molecule is C1CC(CSc2nnnn2C2CC2)CN1. The summed E-state index contributed by atoms with van der Waals surface area (Å²) in [5.74, 6) is 1.93. The molecule has 3 rings (SSSR count). The first-order valence-electron chi connectivity index (χ1n) is 5.55. The van der Waals surface area contributed by atoms with Crippen LogP contribution in [0.1, 0.15) is 25.3 Å². The van der Waals surface area contributed by atoms with E-state index in [2.05, 4.69) is 20.8 Å². The Labute approximate surface area is 93.0 Å². The largest absolute Gasteiger partial charge is 0.316 e. The van der Waals surface area contributed by atoms with E-state index >= 15 is 0 Å². The molecule has 2 aliphatic rings. The Morgan fingerprint density at radius 3 is 3.07 bits per heavy atom. The van der Waals surface area contributed by atoms with Crippen molar-refractivity contribution in [2.75, 3.05) is 18.8 Å². The molecule has 6 heteroatoms. The van der Waals surface area contributed by atoms with Gasteiger partial charge in [-0.1, -0.05) is 11.8 Å². The van der Waals surface area contributed by atoms with Crippen molar-refractivity contribution in [2.24, 2.45) is 5.92 Å². The Balaban J connectivity index is 1.58. The topological polar surface area (TPSA) is 55.6 Å². The number of tetrazole rings is 1. The zero-order valence-corrected chi connectivity index (χ0v) is 9.41. The minimum absolute atomic E-state index is 0.587. The molecule has 1 saturated carbocycles. The van der Waals surface area contributed by atoms with Gasteiger partial charge in [0.2, 0.25) is 5.16 Å². The highest BCUT2D eigenvalue weighted by Gasteiger charge is 2.28. The first kappa shape index (κ1) is 9.59. The van der Waals surface area contributed by atoms with Crippen molar-refractivity contribution in [3.05, 3.63) is 0 Å². The average Bonchev–Trinajstić information content (AvgIpc) is 2.81. The number of nitrogens with one attached hydrogen (secondary N) is 1. The molecular formula is C9H15N5S. The molecule has 1 atom stereocenters. The Morgan fingerprint density at radius 2 is 2.33 bits per heavy atom. The monoisotopic (exact) mass is 225 g/mol. The van der Waals surface area contributed by atoms with Crippen LogP contribution in [-0.2, 0) is 0 Å². The number of rotatable bonds is 4. The van der Waals surface area contributed by atoms with Gasteiger partial charge in [0.15, 0.2) is 0 Å². The molecule has 0 aromatic carbocycles. The zero-order chi connectivity index (χ0) is 10.1. The molecule has 1 N–H and O–H groups in total. The van der Waals surface area contributed by atoms with Crippen molar-refractivity contribution in [3.8, 4) is 0 Å². The van der Waals surface area contributed by atoms with E-state index < -0.39 is 0 Å². The fourth-order valence-electron chi connectivity index (χ4n) is 1.88. The molecule has 2 fully saturated rings. The number of thioether (sulfide) groups is 1. The molecule has 1 aromatic heterocycles. The van der Waals surface area contributed by atoms with E-state index in [1.54, 1.807) is 11.8 Å². The lowest BCUT2D eigenvalue weighted by molar-refractivity contribution is 0.564. The van der Waals surface area contributed by atoms with Crippen LogP contribution in [0.5, 0.6) is 0 Å². The molecule has 0 radical (unpaired) electrons. The molecule has 1 aromatic rings. The van der Waals surface area contributed by atoms with Crippen molar-refractivity contribution >= 4 is 11.8 Å². The van der Waals surface area contributed by atoms with Crippen LogP contribution in [0.3, 0.4) is 0 Å². The Morgan fingerprint density at radius 1 is 1.40 bits per heavy atom. The summed E-state index contributed by atoms with van der Waals surface area (Å²) in [6, 6.07) is 0.587. The first-order chi connectivity index (χ1) is 7.43. The van der Waals surface area contributed by atoms with Crippen LogP contribution >= 0.6 is 11.8 Å². The number of hydrogen-bond donors (Lipinski definition) is 1. The van der Waals surface area contributed by atoms with E-state index in [1.165, 1.54) is 25.8 Å². The molecular weight excluding hydrogens is 210 g/mol. The van der Waals surface area contributed by atoms with Crippen LogP contribution in [-0.4, -0.2) is 39.0 Å². The smallest absolute Gasteiger partial charge is 0.209 e. The van der Waals surface area contributed by atoms with E-state index in [0.717, 1.165) is 23.4 Å². The molecule has 1 aliphatic carbocycles. The Bertz CT molecular complexity index is 329. The van der Waals surface area contributed by atoms with Gasteiger partial charge in [-0.3, -0.25) is 0 Å². The third-order valence-electron chi connectivity index (χ3n) is 2.97. The summed E-state index contributed by atoms with van der Waals surface area (Å²) in [5, 5.41) is 16.3. The van der Waals surface area contributed by atoms with Gasteiger partial charge in [-0.15, -0.1) is 5.10 Å². The predicted octanol–water partition coefficient (Wildman–Crippen LogP) is 0.710. The molecule has 1 aliphatic heterocycles. The van der Waals surface area contributed by atoms with Crippen LogP contribution in [0.4, 0.5) is 0 Å². The quantitative estimate of drug-likeness (QED) is 0.765. The summed E-state index contributed by atoms with van der Waals surface area (Å²) in [4.78, 5) is 0. The zero-order valence-electron chi connectivity index (χ0n) is 8.59. The molecule has 2 heterocycles. The fraction of sp³-hybridized carbons (Fsp3) is 0.889. The summed E-state index contributed by atoms with van der Waals surface area (Å²) in [7, 11) is 0. The molecule has 0 amide bonds. The second kappa shape index (κ2) is 4.09. The van der Waals surface area contributed by atoms with Crippen LogP contribution in [0.15, 0.2) is 5.16 Å². The van der Waals surface area contributed by atoms with Gasteiger partial charge in [-0.05, 0) is 48.7 Å². The van der Waals surface area contributed by atoms with Gasteiger partial charge >= 0.3 is 0 Å². The Hall–Kier alpha value is -0.620. The van der Waals surface area contributed by atoms with Gasteiger partial charge in [-0.25, -0.2) is 4.68 Å². The average molecular weight is 225 g/mol. The summed E-state index contributed by atoms with van der Waals surface area (Å²) in [6.45, 7) is 2.32.